The van der Waals surface area contributed by atoms with Crippen molar-refractivity contribution in [2.24, 2.45) is 5.84 Å². The molecule has 7 nitrogen and oxygen atoms in total. The Bertz CT molecular complexity index is 1140. The molecule has 9 heteroatoms. The van der Waals surface area contributed by atoms with Crippen molar-refractivity contribution in [2.45, 2.75) is 5.50 Å². The molecule has 0 saturated carbocycles. The molecule has 4 aromatic rings. The maximum atomic E-state index is 6.63. The Morgan fingerprint density at radius 2 is 1.86 bits per heavy atom. The van der Waals surface area contributed by atoms with Crippen molar-refractivity contribution >= 4 is 42.1 Å². The van der Waals surface area contributed by atoms with Crippen molar-refractivity contribution in [1.82, 2.24) is 19.4 Å². The topological polar surface area (TPSA) is 98.4 Å². The molecule has 1 aromatic carbocycles. The molecule has 3 aromatic heterocycles. The van der Waals surface area contributed by atoms with Crippen LogP contribution in [0.5, 0.6) is 0 Å². The summed E-state index contributed by atoms with van der Waals surface area (Å²) in [7, 11) is -0.150. The van der Waals surface area contributed by atoms with Crippen LogP contribution in [-0.2, 0) is 0 Å². The summed E-state index contributed by atoms with van der Waals surface area (Å²) >= 11 is 6.63. The van der Waals surface area contributed by atoms with Gasteiger partial charge in [-0.15, -0.1) is 0 Å². The summed E-state index contributed by atoms with van der Waals surface area (Å²) in [5.74, 6) is 6.84. The van der Waals surface area contributed by atoms with Gasteiger partial charge in [0.25, 0.3) is 0 Å². The third-order valence-electron chi connectivity index (χ3n) is 4.64. The summed E-state index contributed by atoms with van der Waals surface area (Å²) in [6.07, 6.45) is 7.09. The number of pyridine rings is 1. The fourth-order valence-corrected chi connectivity index (χ4v) is 3.96. The number of hydrogen-bond donors (Lipinski definition) is 2. The first-order valence-electron chi connectivity index (χ1n) is 8.95. The normalized spacial score (nSPS) is 12.4. The molecule has 4 rings (SSSR count). The van der Waals surface area contributed by atoms with Gasteiger partial charge in [-0.05, 0) is 24.7 Å². The van der Waals surface area contributed by atoms with Crippen molar-refractivity contribution in [2.75, 3.05) is 24.1 Å². The van der Waals surface area contributed by atoms with E-state index >= 15 is 0 Å². The van der Waals surface area contributed by atoms with Crippen LogP contribution in [0.3, 0.4) is 0 Å². The van der Waals surface area contributed by atoms with E-state index < -0.39 is 5.50 Å². The minimum atomic E-state index is -0.681. The maximum absolute atomic E-state index is 6.63. The van der Waals surface area contributed by atoms with Crippen molar-refractivity contribution in [3.8, 4) is 11.3 Å². The first kappa shape index (κ1) is 19.6. The second kappa shape index (κ2) is 7.95. The molecule has 0 amide bonds. The van der Waals surface area contributed by atoms with Crippen LogP contribution in [0.4, 0.5) is 11.6 Å². The van der Waals surface area contributed by atoms with Crippen LogP contribution in [0.1, 0.15) is 11.1 Å². The van der Waals surface area contributed by atoms with Gasteiger partial charge in [0.2, 0.25) is 0 Å². The lowest BCUT2D eigenvalue weighted by Crippen LogP contribution is -2.34. The molecule has 0 spiro atoms. The molecular weight excluding hydrogens is 405 g/mol. The highest BCUT2D eigenvalue weighted by Crippen LogP contribution is 2.31. The summed E-state index contributed by atoms with van der Waals surface area (Å²) in [6.45, 7) is 4.44. The average Bonchev–Trinajstić information content (AvgIpc) is 3.21. The monoisotopic (exact) mass is 425 g/mol. The summed E-state index contributed by atoms with van der Waals surface area (Å²) in [4.78, 5) is 13.1. The number of fused-ring (bicyclic) bond motifs is 1. The number of rotatable bonds is 5. The second-order valence-corrected chi connectivity index (χ2v) is 9.52. The molecule has 0 saturated heterocycles. The molecule has 3 heterocycles. The minimum Gasteiger partial charge on any atom is -0.381 e. The van der Waals surface area contributed by atoms with Gasteiger partial charge in [0, 0.05) is 29.7 Å². The van der Waals surface area contributed by atoms with E-state index in [9.17, 15) is 0 Å². The van der Waals surface area contributed by atoms with E-state index in [-0.39, 0.29) is 13.7 Å². The zero-order valence-corrected chi connectivity index (χ0v) is 17.7. The van der Waals surface area contributed by atoms with Crippen LogP contribution in [-0.4, -0.2) is 32.7 Å². The number of anilines is 2. The Hall–Kier alpha value is -2.73. The first-order chi connectivity index (χ1) is 13.9. The molecule has 0 aliphatic carbocycles. The fourth-order valence-electron chi connectivity index (χ4n) is 2.99. The number of aromatic nitrogens is 4. The highest BCUT2D eigenvalue weighted by atomic mass is 35.5. The van der Waals surface area contributed by atoms with E-state index in [4.69, 9.17) is 23.2 Å². The lowest BCUT2D eigenvalue weighted by atomic mass is 10.1. The molecule has 4 N–H and O–H groups in total. The quantitative estimate of drug-likeness (QED) is 0.167. The smallest absolute Gasteiger partial charge is 0.188 e. The number of hydrogen-bond acceptors (Lipinski definition) is 6. The van der Waals surface area contributed by atoms with E-state index in [0.29, 0.717) is 11.5 Å². The average molecular weight is 426 g/mol. The maximum Gasteiger partial charge on any atom is 0.188 e. The van der Waals surface area contributed by atoms with Crippen molar-refractivity contribution in [3.05, 3.63) is 66.7 Å². The van der Waals surface area contributed by atoms with Gasteiger partial charge in [-0.3, -0.25) is 5.01 Å². The number of alkyl halides is 1. The number of halogens is 1. The van der Waals surface area contributed by atoms with Gasteiger partial charge in [-0.1, -0.05) is 49.9 Å². The predicted octanol–water partition coefficient (Wildman–Crippen LogP) is 3.36. The molecule has 1 atom stereocenters. The third-order valence-corrected chi connectivity index (χ3v) is 6.43. The van der Waals surface area contributed by atoms with Gasteiger partial charge in [-0.25, -0.2) is 20.8 Å². The van der Waals surface area contributed by atoms with Crippen molar-refractivity contribution in [3.63, 3.8) is 0 Å². The number of imidazole rings is 1. The van der Waals surface area contributed by atoms with E-state index in [2.05, 4.69) is 40.4 Å². The molecule has 0 aliphatic rings. The van der Waals surface area contributed by atoms with Crippen LogP contribution >= 0.6 is 19.5 Å². The highest BCUT2D eigenvalue weighted by molar-refractivity contribution is 7.64. The number of nitrogen functional groups attached to an aromatic ring is 1. The van der Waals surface area contributed by atoms with E-state index in [0.717, 1.165) is 16.8 Å². The van der Waals surface area contributed by atoms with Crippen molar-refractivity contribution < 1.29 is 0 Å². The minimum absolute atomic E-state index is 0.150. The largest absolute Gasteiger partial charge is 0.381 e. The van der Waals surface area contributed by atoms with Crippen LogP contribution in [0.15, 0.2) is 61.2 Å². The Morgan fingerprint density at radius 3 is 2.59 bits per heavy atom. The lowest BCUT2D eigenvalue weighted by Gasteiger charge is -2.24. The molecule has 148 valence electrons. The van der Waals surface area contributed by atoms with Gasteiger partial charge in [0.15, 0.2) is 11.6 Å². The van der Waals surface area contributed by atoms with Crippen molar-refractivity contribution in [1.29, 1.82) is 0 Å². The zero-order chi connectivity index (χ0) is 20.5. The number of nitrogens with zero attached hydrogens (tertiary/aromatic N) is 5. The summed E-state index contributed by atoms with van der Waals surface area (Å²) in [6, 6.07) is 12.1. The standard InChI is InChI=1S/C20H21ClN7P/c1-29(2)15-6-3-13(4-7-15)16-11-25-19(22)20(26-16)28(23)18(21)14-5-8-17-24-9-10-27(17)12-14/h3-12,18H,23H2,1-2H3,(H2,22,25). The van der Waals surface area contributed by atoms with E-state index in [1.54, 1.807) is 12.4 Å². The second-order valence-electron chi connectivity index (χ2n) is 6.80. The molecule has 0 bridgehead atoms. The van der Waals surface area contributed by atoms with Gasteiger partial charge in [-0.2, -0.15) is 0 Å². The van der Waals surface area contributed by atoms with Gasteiger partial charge >= 0.3 is 0 Å². The SMILES string of the molecule is CP(C)c1ccc(-c2cnc(N)c(N(N)C(Cl)c3ccc4nccn4c3)n2)cc1. The summed E-state index contributed by atoms with van der Waals surface area (Å²) in [5.41, 5.74) is 8.61. The molecule has 1 unspecified atom stereocenters. The van der Waals surface area contributed by atoms with E-state index in [1.807, 2.05) is 41.1 Å². The number of nitrogens with two attached hydrogens (primary N) is 2. The van der Waals surface area contributed by atoms with Crippen LogP contribution in [0, 0.1) is 0 Å². The van der Waals surface area contributed by atoms with Crippen LogP contribution in [0.25, 0.3) is 16.9 Å². The molecule has 0 aliphatic heterocycles. The molecule has 0 fully saturated rings. The van der Waals surface area contributed by atoms with Crippen LogP contribution < -0.4 is 21.9 Å². The third kappa shape index (κ3) is 3.90. The number of hydrazine groups is 1. The summed E-state index contributed by atoms with van der Waals surface area (Å²) < 4.78 is 1.88. The Morgan fingerprint density at radius 1 is 1.10 bits per heavy atom. The Labute approximate surface area is 175 Å². The van der Waals surface area contributed by atoms with Gasteiger partial charge in [0.05, 0.1) is 11.9 Å². The number of benzene rings is 1. The predicted molar refractivity (Wildman–Crippen MR) is 121 cm³/mol. The Balaban J connectivity index is 1.65. The van der Waals surface area contributed by atoms with Gasteiger partial charge in [0.1, 0.15) is 11.1 Å². The Kier molecular flexibility index (Phi) is 5.37. The molecular formula is C20H21ClN7P. The molecule has 29 heavy (non-hydrogen) atoms. The van der Waals surface area contributed by atoms with Gasteiger partial charge < -0.3 is 10.1 Å². The summed E-state index contributed by atoms with van der Waals surface area (Å²) in [5, 5.41) is 2.65. The fraction of sp³-hybridized carbons (Fsp3) is 0.150. The van der Waals surface area contributed by atoms with Crippen LogP contribution in [0.2, 0.25) is 0 Å². The zero-order valence-electron chi connectivity index (χ0n) is 16.1. The highest BCUT2D eigenvalue weighted by Gasteiger charge is 2.21. The van der Waals surface area contributed by atoms with E-state index in [1.165, 1.54) is 10.3 Å². The lowest BCUT2D eigenvalue weighted by molar-refractivity contribution is 0.797. The first-order valence-corrected chi connectivity index (χ1v) is 11.6. The molecule has 0 radical (unpaired) electrons.